The second-order valence-electron chi connectivity index (χ2n) is 4.82. The second kappa shape index (κ2) is 8.05. The molecule has 5 heteroatoms. The van der Waals surface area contributed by atoms with Crippen LogP contribution in [0.2, 0.25) is 0 Å². The fourth-order valence-corrected chi connectivity index (χ4v) is 2.42. The summed E-state index contributed by atoms with van der Waals surface area (Å²) in [4.78, 5) is 2.42. The summed E-state index contributed by atoms with van der Waals surface area (Å²) >= 11 is 3.44. The molecule has 1 aliphatic rings. The number of hydrogen-bond acceptors (Lipinski definition) is 3. The van der Waals surface area contributed by atoms with E-state index in [2.05, 4.69) is 27.8 Å². The molecule has 0 radical (unpaired) electrons. The first-order valence-corrected chi connectivity index (χ1v) is 7.80. The van der Waals surface area contributed by atoms with Crippen molar-refractivity contribution in [1.29, 1.82) is 0 Å². The average Bonchev–Trinajstić information content (AvgIpc) is 2.39. The molecule has 104 valence electrons. The molecule has 0 aliphatic carbocycles. The number of benzene rings is 1. The number of unbranched alkanes of at least 4 members (excludes halogenated alkanes) is 1. The summed E-state index contributed by atoms with van der Waals surface area (Å²) in [5, 5.41) is 0. The van der Waals surface area contributed by atoms with Crippen LogP contribution in [0.3, 0.4) is 0 Å². The first-order chi connectivity index (χ1) is 9.29. The summed E-state index contributed by atoms with van der Waals surface area (Å²) in [6, 6.07) is 8.14. The molecule has 1 aromatic carbocycles. The second-order valence-corrected chi connectivity index (χ2v) is 5.74. The van der Waals surface area contributed by atoms with Crippen LogP contribution in [0.1, 0.15) is 19.8 Å². The maximum Gasteiger partial charge on any atom is 0.493 e. The molecule has 0 spiro atoms. The van der Waals surface area contributed by atoms with Crippen LogP contribution in [0.4, 0.5) is 0 Å². The van der Waals surface area contributed by atoms with Gasteiger partial charge in [-0.05, 0) is 30.6 Å². The molecular formula is C14H21BBrNO2. The fourth-order valence-electron chi connectivity index (χ4n) is 2.16. The highest BCUT2D eigenvalue weighted by Gasteiger charge is 2.23. The molecule has 0 atom stereocenters. The smallest absolute Gasteiger partial charge is 0.406 e. The van der Waals surface area contributed by atoms with Crippen LogP contribution in [-0.2, 0) is 9.31 Å². The minimum Gasteiger partial charge on any atom is -0.406 e. The van der Waals surface area contributed by atoms with Crippen LogP contribution < -0.4 is 5.46 Å². The Labute approximate surface area is 124 Å². The van der Waals surface area contributed by atoms with Gasteiger partial charge in [0, 0.05) is 30.8 Å². The zero-order chi connectivity index (χ0) is 13.5. The molecule has 1 aliphatic heterocycles. The molecule has 0 amide bonds. The van der Waals surface area contributed by atoms with Gasteiger partial charge in [-0.1, -0.05) is 41.4 Å². The summed E-state index contributed by atoms with van der Waals surface area (Å²) in [6.07, 6.45) is 2.48. The van der Waals surface area contributed by atoms with Gasteiger partial charge < -0.3 is 9.31 Å². The van der Waals surface area contributed by atoms with Gasteiger partial charge in [0.1, 0.15) is 0 Å². The molecule has 19 heavy (non-hydrogen) atoms. The van der Waals surface area contributed by atoms with Crippen LogP contribution in [0.5, 0.6) is 0 Å². The Balaban J connectivity index is 1.85. The summed E-state index contributed by atoms with van der Waals surface area (Å²) in [5.41, 5.74) is 1.09. The van der Waals surface area contributed by atoms with Crippen molar-refractivity contribution in [2.45, 2.75) is 19.8 Å². The molecule has 3 nitrogen and oxygen atoms in total. The Bertz CT molecular complexity index is 364. The van der Waals surface area contributed by atoms with E-state index in [-0.39, 0.29) is 7.12 Å². The van der Waals surface area contributed by atoms with E-state index in [0.717, 1.165) is 42.8 Å². The Morgan fingerprint density at radius 3 is 2.37 bits per heavy atom. The summed E-state index contributed by atoms with van der Waals surface area (Å²) in [7, 11) is -0.221. The van der Waals surface area contributed by atoms with Gasteiger partial charge in [0.25, 0.3) is 0 Å². The minimum atomic E-state index is -0.221. The quantitative estimate of drug-likeness (QED) is 0.793. The average molecular weight is 326 g/mol. The van der Waals surface area contributed by atoms with Gasteiger partial charge in [-0.25, -0.2) is 0 Å². The maximum atomic E-state index is 5.84. The normalized spacial score (nSPS) is 18.1. The van der Waals surface area contributed by atoms with Crippen molar-refractivity contribution in [3.63, 3.8) is 0 Å². The highest BCUT2D eigenvalue weighted by molar-refractivity contribution is 9.10. The lowest BCUT2D eigenvalue weighted by molar-refractivity contribution is 0.116. The van der Waals surface area contributed by atoms with Gasteiger partial charge in [-0.3, -0.25) is 4.90 Å². The zero-order valence-corrected chi connectivity index (χ0v) is 13.1. The molecule has 0 saturated carbocycles. The number of nitrogens with zero attached hydrogens (tertiary/aromatic N) is 1. The molecule has 0 unspecified atom stereocenters. The molecule has 1 aromatic rings. The number of hydrogen-bond donors (Lipinski definition) is 0. The lowest BCUT2D eigenvalue weighted by Crippen LogP contribution is -2.44. The van der Waals surface area contributed by atoms with E-state index in [1.54, 1.807) is 0 Å². The van der Waals surface area contributed by atoms with Crippen LogP contribution in [0.15, 0.2) is 28.7 Å². The number of halogens is 1. The van der Waals surface area contributed by atoms with E-state index in [4.69, 9.17) is 9.31 Å². The lowest BCUT2D eigenvalue weighted by Gasteiger charge is -2.27. The Morgan fingerprint density at radius 2 is 1.79 bits per heavy atom. The van der Waals surface area contributed by atoms with Crippen molar-refractivity contribution in [3.05, 3.63) is 28.7 Å². The van der Waals surface area contributed by atoms with Crippen LogP contribution in [0.25, 0.3) is 0 Å². The monoisotopic (exact) mass is 325 g/mol. The molecule has 0 N–H and O–H groups in total. The maximum absolute atomic E-state index is 5.84. The topological polar surface area (TPSA) is 21.7 Å². The summed E-state index contributed by atoms with van der Waals surface area (Å²) < 4.78 is 12.8. The third-order valence-electron chi connectivity index (χ3n) is 3.32. The van der Waals surface area contributed by atoms with Gasteiger partial charge in [-0.15, -0.1) is 0 Å². The van der Waals surface area contributed by atoms with Crippen LogP contribution in [-0.4, -0.2) is 44.9 Å². The Kier molecular flexibility index (Phi) is 6.37. The summed E-state index contributed by atoms with van der Waals surface area (Å²) in [5.74, 6) is 0. The van der Waals surface area contributed by atoms with Crippen molar-refractivity contribution in [3.8, 4) is 0 Å². The van der Waals surface area contributed by atoms with Crippen molar-refractivity contribution in [2.75, 3.05) is 32.8 Å². The molecule has 1 heterocycles. The van der Waals surface area contributed by atoms with Crippen LogP contribution >= 0.6 is 15.9 Å². The van der Waals surface area contributed by atoms with Crippen LogP contribution in [0, 0.1) is 0 Å². The SMILES string of the molecule is CCCCN1CCOB(c2ccc(Br)cc2)OCC1. The zero-order valence-electron chi connectivity index (χ0n) is 11.5. The van der Waals surface area contributed by atoms with Gasteiger partial charge in [0.2, 0.25) is 0 Å². The first-order valence-electron chi connectivity index (χ1n) is 7.00. The van der Waals surface area contributed by atoms with Gasteiger partial charge >= 0.3 is 7.12 Å². The lowest BCUT2D eigenvalue weighted by atomic mass is 9.79. The van der Waals surface area contributed by atoms with E-state index in [0.29, 0.717) is 0 Å². The van der Waals surface area contributed by atoms with Crippen molar-refractivity contribution in [2.24, 2.45) is 0 Å². The predicted molar refractivity (Wildman–Crippen MR) is 82.8 cm³/mol. The molecule has 2 rings (SSSR count). The third kappa shape index (κ3) is 4.91. The van der Waals surface area contributed by atoms with E-state index in [9.17, 15) is 0 Å². The Hall–Kier alpha value is -0.355. The highest BCUT2D eigenvalue weighted by atomic mass is 79.9. The molecule has 0 bridgehead atoms. The molecule has 0 aromatic heterocycles. The van der Waals surface area contributed by atoms with Crippen molar-refractivity contribution < 1.29 is 9.31 Å². The van der Waals surface area contributed by atoms with E-state index < -0.39 is 0 Å². The van der Waals surface area contributed by atoms with Crippen molar-refractivity contribution in [1.82, 2.24) is 4.90 Å². The third-order valence-corrected chi connectivity index (χ3v) is 3.85. The summed E-state index contributed by atoms with van der Waals surface area (Å²) in [6.45, 7) is 6.81. The largest absolute Gasteiger partial charge is 0.493 e. The number of rotatable bonds is 4. The highest BCUT2D eigenvalue weighted by Crippen LogP contribution is 2.07. The van der Waals surface area contributed by atoms with E-state index in [1.165, 1.54) is 12.8 Å². The molecular weight excluding hydrogens is 305 g/mol. The first kappa shape index (κ1) is 15.0. The Morgan fingerprint density at radius 1 is 1.16 bits per heavy atom. The van der Waals surface area contributed by atoms with Crippen molar-refractivity contribution >= 4 is 28.5 Å². The molecule has 1 fully saturated rings. The van der Waals surface area contributed by atoms with E-state index >= 15 is 0 Å². The van der Waals surface area contributed by atoms with Gasteiger partial charge in [0.05, 0.1) is 0 Å². The standard InChI is InChI=1S/C14H21BBrNO2/c1-2-3-8-17-9-11-18-15(19-12-10-17)13-4-6-14(16)7-5-13/h4-7H,2-3,8-12H2,1H3. The predicted octanol–water partition coefficient (Wildman–Crippen LogP) is 2.29. The van der Waals surface area contributed by atoms with Gasteiger partial charge in [-0.2, -0.15) is 0 Å². The van der Waals surface area contributed by atoms with E-state index in [1.807, 2.05) is 24.3 Å². The minimum absolute atomic E-state index is 0.221. The fraction of sp³-hybridized carbons (Fsp3) is 0.571. The molecule has 1 saturated heterocycles. The van der Waals surface area contributed by atoms with Gasteiger partial charge in [0.15, 0.2) is 0 Å².